The first-order valence-corrected chi connectivity index (χ1v) is 10.6. The molecule has 2 saturated heterocycles. The van der Waals surface area contributed by atoms with Crippen molar-refractivity contribution in [3.63, 3.8) is 0 Å². The number of piperidine rings is 1. The Hall–Kier alpha value is -1.62. The molecule has 1 aromatic heterocycles. The lowest BCUT2D eigenvalue weighted by molar-refractivity contribution is 0.0362. The van der Waals surface area contributed by atoms with Gasteiger partial charge in [-0.1, -0.05) is 30.3 Å². The van der Waals surface area contributed by atoms with Crippen molar-refractivity contribution in [2.75, 3.05) is 45.9 Å². The van der Waals surface area contributed by atoms with Crippen LogP contribution in [0.25, 0.3) is 0 Å². The fraction of sp³-hybridized carbons (Fsp3) is 0.565. The molecule has 2 aliphatic heterocycles. The summed E-state index contributed by atoms with van der Waals surface area (Å²) in [6, 6.07) is 15.5. The first-order chi connectivity index (χ1) is 13.4. The lowest BCUT2D eigenvalue weighted by atomic mass is 9.90. The molecule has 0 unspecified atom stereocenters. The van der Waals surface area contributed by atoms with Gasteiger partial charge in [0.2, 0.25) is 0 Å². The summed E-state index contributed by atoms with van der Waals surface area (Å²) in [5.41, 5.74) is 2.96. The lowest BCUT2D eigenvalue weighted by Crippen LogP contribution is -2.38. The van der Waals surface area contributed by atoms with Crippen molar-refractivity contribution in [1.82, 2.24) is 14.4 Å². The highest BCUT2D eigenvalue weighted by Gasteiger charge is 2.20. The van der Waals surface area contributed by atoms with Crippen LogP contribution >= 0.6 is 0 Å². The molecule has 0 saturated carbocycles. The topological polar surface area (TPSA) is 20.6 Å². The van der Waals surface area contributed by atoms with E-state index in [0.717, 1.165) is 51.9 Å². The third-order valence-corrected chi connectivity index (χ3v) is 6.14. The number of aromatic nitrogens is 1. The SMILES string of the molecule is c1ccc(CC2CCN(Cc3cccn3CCN3CCOCC3)CC2)cc1. The quantitative estimate of drug-likeness (QED) is 0.749. The van der Waals surface area contributed by atoms with Gasteiger partial charge in [-0.3, -0.25) is 9.80 Å². The van der Waals surface area contributed by atoms with Gasteiger partial charge >= 0.3 is 0 Å². The molecule has 0 bridgehead atoms. The minimum Gasteiger partial charge on any atom is -0.379 e. The van der Waals surface area contributed by atoms with Gasteiger partial charge in [-0.15, -0.1) is 0 Å². The predicted octanol–water partition coefficient (Wildman–Crippen LogP) is 3.28. The van der Waals surface area contributed by atoms with Gasteiger partial charge in [-0.2, -0.15) is 0 Å². The van der Waals surface area contributed by atoms with Gasteiger partial charge in [0.25, 0.3) is 0 Å². The Bertz CT molecular complexity index is 670. The molecule has 0 spiro atoms. The molecule has 3 heterocycles. The molecule has 0 atom stereocenters. The van der Waals surface area contributed by atoms with Crippen molar-refractivity contribution in [2.24, 2.45) is 5.92 Å². The van der Waals surface area contributed by atoms with Crippen LogP contribution in [0.3, 0.4) is 0 Å². The van der Waals surface area contributed by atoms with Crippen LogP contribution in [0.2, 0.25) is 0 Å². The number of ether oxygens (including phenoxy) is 1. The smallest absolute Gasteiger partial charge is 0.0594 e. The number of nitrogens with zero attached hydrogens (tertiary/aromatic N) is 3. The van der Waals surface area contributed by atoms with Gasteiger partial charge in [-0.05, 0) is 56.0 Å². The first-order valence-electron chi connectivity index (χ1n) is 10.6. The average Bonchev–Trinajstić information content (AvgIpc) is 3.16. The van der Waals surface area contributed by atoms with Gasteiger partial charge < -0.3 is 9.30 Å². The predicted molar refractivity (Wildman–Crippen MR) is 110 cm³/mol. The van der Waals surface area contributed by atoms with Crippen molar-refractivity contribution in [3.05, 3.63) is 59.9 Å². The highest BCUT2D eigenvalue weighted by molar-refractivity contribution is 5.15. The summed E-state index contributed by atoms with van der Waals surface area (Å²) in [5.74, 6) is 0.844. The molecular weight excluding hydrogens is 334 g/mol. The van der Waals surface area contributed by atoms with Crippen LogP contribution in [-0.4, -0.2) is 60.3 Å². The Labute approximate surface area is 163 Å². The second kappa shape index (κ2) is 9.54. The van der Waals surface area contributed by atoms with Gasteiger partial charge in [-0.25, -0.2) is 0 Å². The van der Waals surface area contributed by atoms with E-state index in [4.69, 9.17) is 4.74 Å². The van der Waals surface area contributed by atoms with Crippen molar-refractivity contribution < 1.29 is 4.74 Å². The molecule has 27 heavy (non-hydrogen) atoms. The van der Waals surface area contributed by atoms with Gasteiger partial charge in [0.15, 0.2) is 0 Å². The molecular formula is C23H33N3O. The number of likely N-dealkylation sites (tertiary alicyclic amines) is 1. The van der Waals surface area contributed by atoms with Crippen LogP contribution in [-0.2, 0) is 24.2 Å². The van der Waals surface area contributed by atoms with E-state index < -0.39 is 0 Å². The molecule has 0 aliphatic carbocycles. The van der Waals surface area contributed by atoms with Gasteiger partial charge in [0.1, 0.15) is 0 Å². The maximum absolute atomic E-state index is 5.45. The largest absolute Gasteiger partial charge is 0.379 e. The third-order valence-electron chi connectivity index (χ3n) is 6.14. The van der Waals surface area contributed by atoms with Crippen molar-refractivity contribution >= 4 is 0 Å². The van der Waals surface area contributed by atoms with E-state index in [1.807, 2.05) is 0 Å². The minimum atomic E-state index is 0.844. The summed E-state index contributed by atoms with van der Waals surface area (Å²) in [7, 11) is 0. The lowest BCUT2D eigenvalue weighted by Gasteiger charge is -2.32. The number of hydrogen-bond donors (Lipinski definition) is 0. The van der Waals surface area contributed by atoms with Crippen LogP contribution in [0.5, 0.6) is 0 Å². The Balaban J connectivity index is 1.23. The second-order valence-electron chi connectivity index (χ2n) is 8.06. The fourth-order valence-corrected chi connectivity index (χ4v) is 4.41. The normalized spacial score (nSPS) is 20.1. The summed E-state index contributed by atoms with van der Waals surface area (Å²) in [4.78, 5) is 5.16. The molecule has 4 heteroatoms. The molecule has 0 N–H and O–H groups in total. The molecule has 1 aromatic carbocycles. The van der Waals surface area contributed by atoms with Crippen molar-refractivity contribution in [2.45, 2.75) is 32.4 Å². The second-order valence-corrected chi connectivity index (χ2v) is 8.06. The van der Waals surface area contributed by atoms with Crippen LogP contribution < -0.4 is 0 Å². The highest BCUT2D eigenvalue weighted by atomic mass is 16.5. The molecule has 146 valence electrons. The Morgan fingerprint density at radius 2 is 1.59 bits per heavy atom. The average molecular weight is 368 g/mol. The fourth-order valence-electron chi connectivity index (χ4n) is 4.41. The summed E-state index contributed by atoms with van der Waals surface area (Å²) >= 11 is 0. The van der Waals surface area contributed by atoms with Crippen molar-refractivity contribution in [1.29, 1.82) is 0 Å². The zero-order valence-corrected chi connectivity index (χ0v) is 16.4. The number of benzene rings is 1. The maximum atomic E-state index is 5.45. The monoisotopic (exact) mass is 367 g/mol. The van der Waals surface area contributed by atoms with Crippen LogP contribution in [0.4, 0.5) is 0 Å². The van der Waals surface area contributed by atoms with Crippen LogP contribution in [0.15, 0.2) is 48.7 Å². The molecule has 4 nitrogen and oxygen atoms in total. The zero-order valence-electron chi connectivity index (χ0n) is 16.4. The standard InChI is InChI=1S/C23H33N3O/c1-2-5-21(6-3-1)19-22-8-11-25(12-9-22)20-23-7-4-10-26(23)14-13-24-15-17-27-18-16-24/h1-7,10,22H,8-9,11-20H2. The van der Waals surface area contributed by atoms with E-state index in [0.29, 0.717) is 0 Å². The minimum absolute atomic E-state index is 0.844. The Kier molecular flexibility index (Phi) is 6.62. The summed E-state index contributed by atoms with van der Waals surface area (Å²) < 4.78 is 7.90. The van der Waals surface area contributed by atoms with Crippen LogP contribution in [0, 0.1) is 5.92 Å². The van der Waals surface area contributed by atoms with Crippen LogP contribution in [0.1, 0.15) is 24.1 Å². The summed E-state index contributed by atoms with van der Waals surface area (Å²) in [5, 5.41) is 0. The Morgan fingerprint density at radius 3 is 2.37 bits per heavy atom. The maximum Gasteiger partial charge on any atom is 0.0594 e. The first kappa shape index (κ1) is 18.7. The highest BCUT2D eigenvalue weighted by Crippen LogP contribution is 2.23. The molecule has 2 fully saturated rings. The molecule has 0 amide bonds. The number of rotatable bonds is 7. The van der Waals surface area contributed by atoms with Crippen molar-refractivity contribution in [3.8, 4) is 0 Å². The van der Waals surface area contributed by atoms with E-state index in [-0.39, 0.29) is 0 Å². The Morgan fingerprint density at radius 1 is 0.815 bits per heavy atom. The summed E-state index contributed by atoms with van der Waals surface area (Å²) in [6.45, 7) is 9.69. The van der Waals surface area contributed by atoms with E-state index in [2.05, 4.69) is 63.0 Å². The summed E-state index contributed by atoms with van der Waals surface area (Å²) in [6.07, 6.45) is 6.13. The van der Waals surface area contributed by atoms with E-state index in [1.165, 1.54) is 43.6 Å². The third kappa shape index (κ3) is 5.44. The van der Waals surface area contributed by atoms with Gasteiger partial charge in [0.05, 0.1) is 13.2 Å². The number of morpholine rings is 1. The van der Waals surface area contributed by atoms with E-state index in [1.54, 1.807) is 0 Å². The van der Waals surface area contributed by atoms with E-state index in [9.17, 15) is 0 Å². The number of hydrogen-bond acceptors (Lipinski definition) is 3. The molecule has 0 radical (unpaired) electrons. The molecule has 2 aliphatic rings. The van der Waals surface area contributed by atoms with E-state index >= 15 is 0 Å². The molecule has 2 aromatic rings. The zero-order chi connectivity index (χ0) is 18.3. The van der Waals surface area contributed by atoms with Gasteiger partial charge in [0, 0.05) is 44.6 Å². The molecule has 4 rings (SSSR count).